The van der Waals surface area contributed by atoms with E-state index in [4.69, 9.17) is 5.73 Å². The van der Waals surface area contributed by atoms with Crippen LogP contribution < -0.4 is 11.3 Å². The second-order valence-electron chi connectivity index (χ2n) is 4.94. The minimum atomic E-state index is -0.580. The van der Waals surface area contributed by atoms with Crippen molar-refractivity contribution in [2.75, 3.05) is 18.9 Å². The maximum Gasteiger partial charge on any atom is 0.280 e. The summed E-state index contributed by atoms with van der Waals surface area (Å²) < 4.78 is 1.69. The molecular weight excluding hydrogens is 250 g/mol. The van der Waals surface area contributed by atoms with Gasteiger partial charge in [-0.1, -0.05) is 6.92 Å². The summed E-state index contributed by atoms with van der Waals surface area (Å²) in [5.74, 6) is 0.0336. The molecule has 8 heteroatoms. The van der Waals surface area contributed by atoms with Crippen molar-refractivity contribution in [1.82, 2.24) is 19.5 Å². The molecule has 0 saturated carbocycles. The van der Waals surface area contributed by atoms with Crippen LogP contribution in [-0.4, -0.2) is 42.9 Å². The van der Waals surface area contributed by atoms with Crippen molar-refractivity contribution < 1.29 is 10.2 Å². The standard InChI is InChI=1S/C11H17N5O3/c1-11(4-17,5-18)2-3-16-6-13-7-8(16)14-10(12)15-9(7)19/h6,17-18H,2-5H2,1H3,(H3,12,14,15,19). The Morgan fingerprint density at radius 2 is 2.16 bits per heavy atom. The first-order valence-electron chi connectivity index (χ1n) is 5.91. The highest BCUT2D eigenvalue weighted by atomic mass is 16.3. The number of fused-ring (bicyclic) bond motifs is 1. The number of aliphatic hydroxyl groups is 2. The quantitative estimate of drug-likeness (QED) is 0.554. The van der Waals surface area contributed by atoms with Crippen molar-refractivity contribution in [2.45, 2.75) is 19.9 Å². The summed E-state index contributed by atoms with van der Waals surface area (Å²) in [6.45, 7) is 2.02. The number of anilines is 1. The Bertz CT molecular complexity index is 629. The van der Waals surface area contributed by atoms with Crippen LogP contribution in [0, 0.1) is 5.41 Å². The number of nitrogens with zero attached hydrogens (tertiary/aromatic N) is 3. The molecule has 0 aliphatic carbocycles. The highest BCUT2D eigenvalue weighted by Crippen LogP contribution is 2.21. The number of aliphatic hydroxyl groups excluding tert-OH is 2. The number of H-pyrrole nitrogens is 1. The third kappa shape index (κ3) is 2.59. The van der Waals surface area contributed by atoms with Gasteiger partial charge in [0, 0.05) is 12.0 Å². The maximum absolute atomic E-state index is 11.6. The Labute approximate surface area is 108 Å². The number of aromatic nitrogens is 4. The third-order valence-corrected chi connectivity index (χ3v) is 3.21. The summed E-state index contributed by atoms with van der Waals surface area (Å²) in [6.07, 6.45) is 2.03. The summed E-state index contributed by atoms with van der Waals surface area (Å²) in [5.41, 5.74) is 5.17. The number of imidazole rings is 1. The monoisotopic (exact) mass is 267 g/mol. The van der Waals surface area contributed by atoms with Crippen LogP contribution in [-0.2, 0) is 6.54 Å². The Hall–Kier alpha value is -1.93. The highest BCUT2D eigenvalue weighted by molar-refractivity contribution is 5.70. The normalized spacial score (nSPS) is 12.2. The average molecular weight is 267 g/mol. The van der Waals surface area contributed by atoms with Crippen LogP contribution >= 0.6 is 0 Å². The molecule has 0 fully saturated rings. The second-order valence-corrected chi connectivity index (χ2v) is 4.94. The third-order valence-electron chi connectivity index (χ3n) is 3.21. The molecule has 19 heavy (non-hydrogen) atoms. The molecule has 2 aromatic heterocycles. The lowest BCUT2D eigenvalue weighted by Gasteiger charge is -2.24. The number of nitrogens with two attached hydrogens (primary N) is 1. The fraction of sp³-hybridized carbons (Fsp3) is 0.545. The topological polar surface area (TPSA) is 130 Å². The van der Waals surface area contributed by atoms with Crippen molar-refractivity contribution in [2.24, 2.45) is 5.41 Å². The lowest BCUT2D eigenvalue weighted by Crippen LogP contribution is -2.27. The fourth-order valence-electron chi connectivity index (χ4n) is 1.73. The number of nitrogen functional groups attached to an aromatic ring is 1. The largest absolute Gasteiger partial charge is 0.396 e. The zero-order chi connectivity index (χ0) is 14.0. The predicted octanol–water partition coefficient (Wildman–Crippen LogP) is -0.917. The van der Waals surface area contributed by atoms with Gasteiger partial charge in [-0.25, -0.2) is 4.98 Å². The number of aryl methyl sites for hydroxylation is 1. The van der Waals surface area contributed by atoms with Gasteiger partial charge in [-0.3, -0.25) is 9.78 Å². The average Bonchev–Trinajstić information content (AvgIpc) is 2.79. The zero-order valence-electron chi connectivity index (χ0n) is 10.6. The van der Waals surface area contributed by atoms with Crippen LogP contribution in [0.1, 0.15) is 13.3 Å². The maximum atomic E-state index is 11.6. The van der Waals surface area contributed by atoms with Gasteiger partial charge in [0.15, 0.2) is 11.2 Å². The van der Waals surface area contributed by atoms with E-state index in [1.807, 2.05) is 0 Å². The van der Waals surface area contributed by atoms with Gasteiger partial charge in [-0.05, 0) is 6.42 Å². The molecule has 2 heterocycles. The molecule has 0 unspecified atom stereocenters. The lowest BCUT2D eigenvalue weighted by molar-refractivity contribution is 0.0593. The van der Waals surface area contributed by atoms with E-state index in [0.29, 0.717) is 18.6 Å². The summed E-state index contributed by atoms with van der Waals surface area (Å²) in [7, 11) is 0. The Morgan fingerprint density at radius 1 is 1.47 bits per heavy atom. The molecule has 104 valence electrons. The highest BCUT2D eigenvalue weighted by Gasteiger charge is 2.22. The van der Waals surface area contributed by atoms with Crippen LogP contribution in [0.5, 0.6) is 0 Å². The molecule has 2 aromatic rings. The molecule has 0 atom stereocenters. The molecule has 0 bridgehead atoms. The van der Waals surface area contributed by atoms with Crippen molar-refractivity contribution >= 4 is 17.1 Å². The molecule has 0 aliphatic heterocycles. The van der Waals surface area contributed by atoms with Gasteiger partial charge in [-0.2, -0.15) is 4.98 Å². The SMILES string of the molecule is CC(CO)(CO)CCn1cnc2c(=O)[nH]c(N)nc21. The first-order valence-corrected chi connectivity index (χ1v) is 5.91. The number of rotatable bonds is 5. The summed E-state index contributed by atoms with van der Waals surface area (Å²) in [4.78, 5) is 22.0. The number of hydrogen-bond acceptors (Lipinski definition) is 6. The molecule has 0 aliphatic rings. The van der Waals surface area contributed by atoms with E-state index >= 15 is 0 Å². The van der Waals surface area contributed by atoms with E-state index in [2.05, 4.69) is 15.0 Å². The van der Waals surface area contributed by atoms with Gasteiger partial charge in [0.1, 0.15) is 0 Å². The van der Waals surface area contributed by atoms with E-state index in [0.717, 1.165) is 0 Å². The number of nitrogens with one attached hydrogen (secondary N) is 1. The van der Waals surface area contributed by atoms with Crippen LogP contribution in [0.15, 0.2) is 11.1 Å². The van der Waals surface area contributed by atoms with Crippen LogP contribution in [0.3, 0.4) is 0 Å². The first-order chi connectivity index (χ1) is 8.99. The molecule has 0 saturated heterocycles. The summed E-state index contributed by atoms with van der Waals surface area (Å²) in [6, 6.07) is 0. The van der Waals surface area contributed by atoms with Crippen LogP contribution in [0.2, 0.25) is 0 Å². The van der Waals surface area contributed by atoms with Crippen molar-refractivity contribution in [3.8, 4) is 0 Å². The molecule has 0 amide bonds. The molecule has 0 radical (unpaired) electrons. The van der Waals surface area contributed by atoms with Crippen LogP contribution in [0.25, 0.3) is 11.2 Å². The second kappa shape index (κ2) is 4.98. The van der Waals surface area contributed by atoms with Gasteiger partial charge in [0.25, 0.3) is 5.56 Å². The minimum Gasteiger partial charge on any atom is -0.396 e. The summed E-state index contributed by atoms with van der Waals surface area (Å²) >= 11 is 0. The zero-order valence-corrected chi connectivity index (χ0v) is 10.6. The minimum absolute atomic E-state index is 0.0336. The van der Waals surface area contributed by atoms with Crippen molar-refractivity contribution in [3.63, 3.8) is 0 Å². The van der Waals surface area contributed by atoms with Gasteiger partial charge in [0.05, 0.1) is 19.5 Å². The molecule has 0 spiro atoms. The van der Waals surface area contributed by atoms with E-state index in [1.165, 1.54) is 6.33 Å². The van der Waals surface area contributed by atoms with Crippen molar-refractivity contribution in [3.05, 3.63) is 16.7 Å². The lowest BCUT2D eigenvalue weighted by atomic mass is 9.89. The molecule has 5 N–H and O–H groups in total. The number of hydrogen-bond donors (Lipinski definition) is 4. The summed E-state index contributed by atoms with van der Waals surface area (Å²) in [5, 5.41) is 18.5. The molecule has 8 nitrogen and oxygen atoms in total. The van der Waals surface area contributed by atoms with E-state index in [9.17, 15) is 15.0 Å². The van der Waals surface area contributed by atoms with E-state index in [-0.39, 0.29) is 30.2 Å². The fourth-order valence-corrected chi connectivity index (χ4v) is 1.73. The predicted molar refractivity (Wildman–Crippen MR) is 69.5 cm³/mol. The first kappa shape index (κ1) is 13.5. The smallest absolute Gasteiger partial charge is 0.280 e. The van der Waals surface area contributed by atoms with Gasteiger partial charge in [-0.15, -0.1) is 0 Å². The van der Waals surface area contributed by atoms with Crippen LogP contribution in [0.4, 0.5) is 5.95 Å². The van der Waals surface area contributed by atoms with Gasteiger partial charge in [0.2, 0.25) is 5.95 Å². The van der Waals surface area contributed by atoms with E-state index < -0.39 is 5.41 Å². The Kier molecular flexibility index (Phi) is 3.54. The van der Waals surface area contributed by atoms with Crippen molar-refractivity contribution in [1.29, 1.82) is 0 Å². The van der Waals surface area contributed by atoms with E-state index in [1.54, 1.807) is 11.5 Å². The molecular formula is C11H17N5O3. The molecule has 2 rings (SSSR count). The Morgan fingerprint density at radius 3 is 2.79 bits per heavy atom. The van der Waals surface area contributed by atoms with Gasteiger partial charge >= 0.3 is 0 Å². The Balaban J connectivity index is 2.29. The number of aromatic amines is 1. The van der Waals surface area contributed by atoms with Gasteiger partial charge < -0.3 is 20.5 Å². The molecule has 0 aromatic carbocycles.